The summed E-state index contributed by atoms with van der Waals surface area (Å²) in [4.78, 5) is 59.0. The van der Waals surface area contributed by atoms with Crippen molar-refractivity contribution in [2.75, 3.05) is 27.2 Å². The van der Waals surface area contributed by atoms with E-state index in [0.717, 1.165) is 16.4 Å². The van der Waals surface area contributed by atoms with Gasteiger partial charge in [-0.25, -0.2) is 26.5 Å². The summed E-state index contributed by atoms with van der Waals surface area (Å²) >= 11 is 0.525. The van der Waals surface area contributed by atoms with Gasteiger partial charge in [-0.3, -0.25) is 14.4 Å². The molecule has 0 saturated carbocycles. The van der Waals surface area contributed by atoms with Crippen LogP contribution in [0.5, 0.6) is 5.75 Å². The van der Waals surface area contributed by atoms with Gasteiger partial charge < -0.3 is 23.7 Å². The number of benzene rings is 2. The maximum atomic E-state index is 14.1. The van der Waals surface area contributed by atoms with E-state index >= 15 is 0 Å². The van der Waals surface area contributed by atoms with Crippen LogP contribution in [0.25, 0.3) is 5.78 Å². The average molecular weight is 714 g/mol. The summed E-state index contributed by atoms with van der Waals surface area (Å²) in [6, 6.07) is 12.1. The maximum Gasteiger partial charge on any atom is 0.302 e. The number of halogens is 1. The van der Waals surface area contributed by atoms with Crippen LogP contribution in [-0.2, 0) is 43.9 Å². The Morgan fingerprint density at radius 2 is 1.82 bits per heavy atom. The fourth-order valence-corrected chi connectivity index (χ4v) is 7.45. The second-order valence-electron chi connectivity index (χ2n) is 11.8. The molecule has 4 aromatic rings. The summed E-state index contributed by atoms with van der Waals surface area (Å²) in [5.74, 6) is -1.37. The molecule has 0 N–H and O–H groups in total. The quantitative estimate of drug-likeness (QED) is 0.201. The normalized spacial score (nSPS) is 17.3. The van der Waals surface area contributed by atoms with Crippen molar-refractivity contribution in [3.05, 3.63) is 93.9 Å². The molecule has 1 aliphatic rings. The van der Waals surface area contributed by atoms with Crippen LogP contribution >= 0.6 is 11.8 Å². The third-order valence-electron chi connectivity index (χ3n) is 7.82. The lowest BCUT2D eigenvalue weighted by Gasteiger charge is -2.35. The van der Waals surface area contributed by atoms with Crippen LogP contribution in [-0.4, -0.2) is 93.5 Å². The average Bonchev–Trinajstić information content (AvgIpc) is 3.46. The molecule has 0 radical (unpaired) electrons. The molecule has 2 aromatic carbocycles. The minimum absolute atomic E-state index is 0.00395. The van der Waals surface area contributed by atoms with Crippen LogP contribution in [0, 0.1) is 5.82 Å². The first kappa shape index (κ1) is 35.9. The first-order chi connectivity index (χ1) is 23.3. The molecule has 5 rings (SSSR count). The molecule has 13 nitrogen and oxygen atoms in total. The molecular formula is C33H36FN5O8S2. The van der Waals surface area contributed by atoms with Gasteiger partial charge in [-0.15, -0.1) is 0 Å². The van der Waals surface area contributed by atoms with Crippen molar-refractivity contribution in [1.29, 1.82) is 0 Å². The van der Waals surface area contributed by atoms with Gasteiger partial charge in [-0.2, -0.15) is 0 Å². The van der Waals surface area contributed by atoms with Gasteiger partial charge in [-0.05, 0) is 43.5 Å². The number of morpholine rings is 1. The fourth-order valence-electron chi connectivity index (χ4n) is 5.47. The van der Waals surface area contributed by atoms with E-state index in [4.69, 9.17) is 9.47 Å². The monoisotopic (exact) mass is 713 g/mol. The third-order valence-corrected chi connectivity index (χ3v) is 10.7. The molecule has 1 amide bonds. The lowest BCUT2D eigenvalue weighted by Crippen LogP contribution is -2.49. The topological polar surface area (TPSA) is 150 Å². The van der Waals surface area contributed by atoms with Crippen LogP contribution in [0.4, 0.5) is 4.39 Å². The van der Waals surface area contributed by atoms with E-state index in [9.17, 15) is 32.0 Å². The number of carbonyl (C=O) groups excluding carboxylic acids is 3. The number of amides is 1. The van der Waals surface area contributed by atoms with Crippen LogP contribution in [0.1, 0.15) is 35.5 Å². The van der Waals surface area contributed by atoms with Crippen molar-refractivity contribution in [3.63, 3.8) is 0 Å². The molecule has 0 spiro atoms. The van der Waals surface area contributed by atoms with Gasteiger partial charge in [0.15, 0.2) is 5.69 Å². The standard InChI is InChI=1S/C33H36FN5O8S2/c1-21-16-38(17-22(2)47-21)28(41)18-37-12-13-39-31(42)30(46-20-23-8-6-5-7-9-23)29(35-33(37)39)32(43)48-26(19-40)14-24-10-11-25(34)15-27(24)49(44,45)36(3)4/h5-13,15,19,21-22,26H,14,16-18,20H2,1-4H3. The third kappa shape index (κ3) is 8.09. The minimum atomic E-state index is -4.09. The second kappa shape index (κ2) is 15.0. The summed E-state index contributed by atoms with van der Waals surface area (Å²) in [5, 5.41) is -1.94. The molecule has 3 atom stereocenters. The highest BCUT2D eigenvalue weighted by molar-refractivity contribution is 8.15. The van der Waals surface area contributed by atoms with Gasteiger partial charge in [0.25, 0.3) is 0 Å². The van der Waals surface area contributed by atoms with Crippen LogP contribution in [0.2, 0.25) is 0 Å². The molecule has 3 unspecified atom stereocenters. The first-order valence-corrected chi connectivity index (χ1v) is 17.7. The molecular weight excluding hydrogens is 678 g/mol. The van der Waals surface area contributed by atoms with E-state index in [1.54, 1.807) is 29.2 Å². The van der Waals surface area contributed by atoms with Crippen molar-refractivity contribution in [3.8, 4) is 5.75 Å². The Bertz CT molecular complexity index is 2020. The smallest absolute Gasteiger partial charge is 0.302 e. The number of aromatic nitrogens is 3. The van der Waals surface area contributed by atoms with Crippen LogP contribution in [0.3, 0.4) is 0 Å². The van der Waals surface area contributed by atoms with E-state index in [0.29, 0.717) is 36.7 Å². The van der Waals surface area contributed by atoms with Gasteiger partial charge in [0.05, 0.1) is 22.4 Å². The molecule has 1 aliphatic heterocycles. The number of imidazole rings is 1. The molecule has 16 heteroatoms. The number of nitrogens with zero attached hydrogens (tertiary/aromatic N) is 5. The Kier molecular flexibility index (Phi) is 11.0. The summed E-state index contributed by atoms with van der Waals surface area (Å²) in [6.07, 6.45) is 2.85. The van der Waals surface area contributed by atoms with Gasteiger partial charge >= 0.3 is 5.56 Å². The lowest BCUT2D eigenvalue weighted by atomic mass is 10.1. The number of hydrogen-bond acceptors (Lipinski definition) is 10. The summed E-state index contributed by atoms with van der Waals surface area (Å²) < 4.78 is 55.1. The zero-order chi connectivity index (χ0) is 35.5. The molecule has 1 saturated heterocycles. The number of ether oxygens (including phenoxy) is 2. The van der Waals surface area contributed by atoms with Crippen molar-refractivity contribution in [2.45, 2.75) is 55.8 Å². The number of fused-ring (bicyclic) bond motifs is 1. The van der Waals surface area contributed by atoms with Gasteiger partial charge in [0, 0.05) is 39.6 Å². The Hall–Kier alpha value is -4.38. The molecule has 3 heterocycles. The molecule has 260 valence electrons. The SMILES string of the molecule is CC1CN(C(=O)Cn2ccn3c(=O)c(OCc4ccccc4)c(C(=O)SC(C=O)Cc4ccc(F)cc4S(=O)(=O)N(C)C)nc23)CC(C)O1. The Labute approximate surface area is 286 Å². The van der Waals surface area contributed by atoms with E-state index in [1.807, 2.05) is 19.9 Å². The van der Waals surface area contributed by atoms with Gasteiger partial charge in [0.1, 0.15) is 25.3 Å². The summed E-state index contributed by atoms with van der Waals surface area (Å²) in [6.45, 7) is 4.30. The van der Waals surface area contributed by atoms with E-state index < -0.39 is 31.8 Å². The molecule has 49 heavy (non-hydrogen) atoms. The summed E-state index contributed by atoms with van der Waals surface area (Å²) in [5.41, 5.74) is -0.244. The zero-order valence-electron chi connectivity index (χ0n) is 27.3. The lowest BCUT2D eigenvalue weighted by molar-refractivity contribution is -0.143. The number of hydrogen-bond donors (Lipinski definition) is 0. The van der Waals surface area contributed by atoms with Crippen LogP contribution in [0.15, 0.2) is 70.6 Å². The van der Waals surface area contributed by atoms with E-state index in [2.05, 4.69) is 4.98 Å². The largest absolute Gasteiger partial charge is 0.481 e. The van der Waals surface area contributed by atoms with E-state index in [-0.39, 0.29) is 65.4 Å². The van der Waals surface area contributed by atoms with Gasteiger partial charge in [-0.1, -0.05) is 48.2 Å². The fraction of sp³-hybridized carbons (Fsp3) is 0.364. The molecule has 0 bridgehead atoms. The van der Waals surface area contributed by atoms with Crippen LogP contribution < -0.4 is 10.3 Å². The number of thioether (sulfide) groups is 1. The summed E-state index contributed by atoms with van der Waals surface area (Å²) in [7, 11) is -1.50. The first-order valence-electron chi connectivity index (χ1n) is 15.4. The Morgan fingerprint density at radius 3 is 2.47 bits per heavy atom. The number of carbonyl (C=O) groups is 3. The van der Waals surface area contributed by atoms with E-state index in [1.165, 1.54) is 41.5 Å². The van der Waals surface area contributed by atoms with Crippen molar-refractivity contribution in [2.24, 2.45) is 0 Å². The van der Waals surface area contributed by atoms with Gasteiger partial charge in [0.2, 0.25) is 32.6 Å². The molecule has 2 aromatic heterocycles. The Balaban J connectivity index is 1.49. The second-order valence-corrected chi connectivity index (χ2v) is 15.2. The highest BCUT2D eigenvalue weighted by Crippen LogP contribution is 2.28. The molecule has 0 aliphatic carbocycles. The predicted molar refractivity (Wildman–Crippen MR) is 180 cm³/mol. The minimum Gasteiger partial charge on any atom is -0.481 e. The molecule has 1 fully saturated rings. The zero-order valence-corrected chi connectivity index (χ0v) is 28.9. The van der Waals surface area contributed by atoms with Crippen molar-refractivity contribution < 1.29 is 36.7 Å². The maximum absolute atomic E-state index is 14.1. The van der Waals surface area contributed by atoms with Crippen molar-refractivity contribution in [1.82, 2.24) is 23.2 Å². The number of aldehydes is 1. The highest BCUT2D eigenvalue weighted by atomic mass is 32.2. The number of sulfonamides is 1. The predicted octanol–water partition coefficient (Wildman–Crippen LogP) is 2.78. The Morgan fingerprint density at radius 1 is 1.12 bits per heavy atom. The number of rotatable bonds is 12. The van der Waals surface area contributed by atoms with Crippen molar-refractivity contribution >= 4 is 44.9 Å². The highest BCUT2D eigenvalue weighted by Gasteiger charge is 2.30.